The maximum absolute atomic E-state index is 12.9. The maximum atomic E-state index is 12.9. The van der Waals surface area contributed by atoms with Crippen LogP contribution in [0.2, 0.25) is 0 Å². The maximum Gasteiger partial charge on any atom is 0.251 e. The second kappa shape index (κ2) is 7.56. The number of nitrogens with one attached hydrogen (secondary N) is 1. The number of para-hydroxylation sites is 1. The molecule has 4 nitrogen and oxygen atoms in total. The first kappa shape index (κ1) is 16.0. The second-order valence-electron chi connectivity index (χ2n) is 4.68. The Kier molecular flexibility index (Phi) is 5.49. The molecule has 1 amide bonds. The van der Waals surface area contributed by atoms with Gasteiger partial charge in [0.25, 0.3) is 5.91 Å². The lowest BCUT2D eigenvalue weighted by Gasteiger charge is -2.19. The molecule has 0 saturated heterocycles. The number of ether oxygens (including phenoxy) is 2. The van der Waals surface area contributed by atoms with Gasteiger partial charge in [0.1, 0.15) is 17.7 Å². The van der Waals surface area contributed by atoms with Crippen LogP contribution < -0.4 is 10.1 Å². The molecule has 0 bridgehead atoms. The summed E-state index contributed by atoms with van der Waals surface area (Å²) in [4.78, 5) is 12.0. The Labute approximate surface area is 128 Å². The van der Waals surface area contributed by atoms with Gasteiger partial charge >= 0.3 is 0 Å². The molecule has 2 aromatic rings. The molecule has 0 aliphatic heterocycles. The van der Waals surface area contributed by atoms with Crippen molar-refractivity contribution < 1.29 is 18.7 Å². The normalized spacial score (nSPS) is 11.8. The van der Waals surface area contributed by atoms with Crippen molar-refractivity contribution in [2.24, 2.45) is 0 Å². The Morgan fingerprint density at radius 1 is 1.14 bits per heavy atom. The molecule has 0 radical (unpaired) electrons. The van der Waals surface area contributed by atoms with Crippen LogP contribution in [0.4, 0.5) is 4.39 Å². The van der Waals surface area contributed by atoms with Crippen molar-refractivity contribution in [2.75, 3.05) is 20.8 Å². The smallest absolute Gasteiger partial charge is 0.251 e. The number of hydrogen-bond acceptors (Lipinski definition) is 3. The van der Waals surface area contributed by atoms with E-state index in [1.807, 2.05) is 24.3 Å². The average Bonchev–Trinajstić information content (AvgIpc) is 2.56. The van der Waals surface area contributed by atoms with Crippen molar-refractivity contribution >= 4 is 5.91 Å². The summed E-state index contributed by atoms with van der Waals surface area (Å²) < 4.78 is 23.6. The van der Waals surface area contributed by atoms with E-state index in [9.17, 15) is 9.18 Å². The van der Waals surface area contributed by atoms with Crippen LogP contribution in [-0.2, 0) is 4.74 Å². The van der Waals surface area contributed by atoms with E-state index in [0.29, 0.717) is 11.3 Å². The van der Waals surface area contributed by atoms with Crippen molar-refractivity contribution in [1.29, 1.82) is 0 Å². The van der Waals surface area contributed by atoms with Gasteiger partial charge in [-0.3, -0.25) is 4.79 Å². The molecule has 0 aliphatic carbocycles. The molecule has 22 heavy (non-hydrogen) atoms. The summed E-state index contributed by atoms with van der Waals surface area (Å²) in [5, 5.41) is 2.78. The lowest BCUT2D eigenvalue weighted by atomic mass is 10.1. The van der Waals surface area contributed by atoms with Crippen LogP contribution in [0.25, 0.3) is 0 Å². The Morgan fingerprint density at radius 3 is 2.45 bits per heavy atom. The number of amides is 1. The molecule has 0 heterocycles. The summed E-state index contributed by atoms with van der Waals surface area (Å²) in [6.07, 6.45) is -0.333. The van der Waals surface area contributed by atoms with E-state index in [2.05, 4.69) is 5.32 Å². The fourth-order valence-electron chi connectivity index (χ4n) is 2.14. The van der Waals surface area contributed by atoms with Crippen LogP contribution in [0.1, 0.15) is 22.0 Å². The van der Waals surface area contributed by atoms with Crippen LogP contribution in [0.15, 0.2) is 48.5 Å². The van der Waals surface area contributed by atoms with E-state index in [1.165, 1.54) is 24.3 Å². The number of benzene rings is 2. The zero-order valence-corrected chi connectivity index (χ0v) is 12.5. The topological polar surface area (TPSA) is 47.6 Å². The molecule has 0 fully saturated rings. The molecule has 116 valence electrons. The predicted octanol–water partition coefficient (Wildman–Crippen LogP) is 2.95. The van der Waals surface area contributed by atoms with E-state index >= 15 is 0 Å². The van der Waals surface area contributed by atoms with E-state index in [1.54, 1.807) is 14.2 Å². The SMILES string of the molecule is COc1ccccc1C(CNC(=O)c1ccc(F)cc1)OC. The third kappa shape index (κ3) is 3.83. The first-order chi connectivity index (χ1) is 10.7. The number of carbonyl (C=O) groups excluding carboxylic acids is 1. The van der Waals surface area contributed by atoms with E-state index in [4.69, 9.17) is 9.47 Å². The van der Waals surface area contributed by atoms with Gasteiger partial charge in [-0.05, 0) is 30.3 Å². The van der Waals surface area contributed by atoms with Crippen LogP contribution in [-0.4, -0.2) is 26.7 Å². The Bertz CT molecular complexity index is 628. The van der Waals surface area contributed by atoms with Gasteiger partial charge in [0, 0.05) is 24.8 Å². The predicted molar refractivity (Wildman–Crippen MR) is 81.5 cm³/mol. The van der Waals surface area contributed by atoms with Crippen LogP contribution >= 0.6 is 0 Å². The Hall–Kier alpha value is -2.40. The van der Waals surface area contributed by atoms with Gasteiger partial charge in [0.15, 0.2) is 0 Å². The number of methoxy groups -OCH3 is 2. The fraction of sp³-hybridized carbons (Fsp3) is 0.235. The number of rotatable bonds is 6. The summed E-state index contributed by atoms with van der Waals surface area (Å²) in [6.45, 7) is 0.285. The standard InChI is InChI=1S/C17H18FNO3/c1-21-15-6-4-3-5-14(15)16(22-2)11-19-17(20)12-7-9-13(18)10-8-12/h3-10,16H,11H2,1-2H3,(H,19,20). The van der Waals surface area contributed by atoms with E-state index in [0.717, 1.165) is 5.56 Å². The minimum atomic E-state index is -0.375. The fourth-order valence-corrected chi connectivity index (χ4v) is 2.14. The van der Waals surface area contributed by atoms with Crippen LogP contribution in [0.3, 0.4) is 0 Å². The van der Waals surface area contributed by atoms with Gasteiger partial charge in [0.05, 0.1) is 7.11 Å². The molecule has 2 rings (SSSR count). The third-order valence-corrected chi connectivity index (χ3v) is 3.32. The molecular formula is C17H18FNO3. The third-order valence-electron chi connectivity index (χ3n) is 3.32. The molecule has 0 spiro atoms. The van der Waals surface area contributed by atoms with Crippen molar-refractivity contribution in [3.05, 3.63) is 65.5 Å². The first-order valence-electron chi connectivity index (χ1n) is 6.85. The van der Waals surface area contributed by atoms with Gasteiger partial charge < -0.3 is 14.8 Å². The minimum absolute atomic E-state index is 0.281. The summed E-state index contributed by atoms with van der Waals surface area (Å²) in [7, 11) is 3.16. The van der Waals surface area contributed by atoms with Crippen LogP contribution in [0.5, 0.6) is 5.75 Å². The average molecular weight is 303 g/mol. The molecule has 5 heteroatoms. The van der Waals surface area contributed by atoms with Crippen molar-refractivity contribution in [1.82, 2.24) is 5.32 Å². The highest BCUT2D eigenvalue weighted by Gasteiger charge is 2.16. The molecule has 1 N–H and O–H groups in total. The summed E-state index contributed by atoms with van der Waals surface area (Å²) >= 11 is 0. The summed E-state index contributed by atoms with van der Waals surface area (Å²) in [6, 6.07) is 12.9. The second-order valence-corrected chi connectivity index (χ2v) is 4.68. The molecular weight excluding hydrogens is 285 g/mol. The van der Waals surface area contributed by atoms with Gasteiger partial charge in [-0.1, -0.05) is 18.2 Å². The van der Waals surface area contributed by atoms with E-state index < -0.39 is 0 Å². The highest BCUT2D eigenvalue weighted by molar-refractivity contribution is 5.94. The van der Waals surface area contributed by atoms with E-state index in [-0.39, 0.29) is 24.4 Å². The molecule has 1 unspecified atom stereocenters. The highest BCUT2D eigenvalue weighted by atomic mass is 19.1. The largest absolute Gasteiger partial charge is 0.496 e. The van der Waals surface area contributed by atoms with Gasteiger partial charge in [-0.15, -0.1) is 0 Å². The van der Waals surface area contributed by atoms with Crippen molar-refractivity contribution in [3.63, 3.8) is 0 Å². The summed E-state index contributed by atoms with van der Waals surface area (Å²) in [5.74, 6) is 0.0441. The van der Waals surface area contributed by atoms with Crippen LogP contribution in [0, 0.1) is 5.82 Å². The number of carbonyl (C=O) groups is 1. The lowest BCUT2D eigenvalue weighted by molar-refractivity contribution is 0.0819. The molecule has 0 aromatic heterocycles. The lowest BCUT2D eigenvalue weighted by Crippen LogP contribution is -2.29. The Morgan fingerprint density at radius 2 is 1.82 bits per heavy atom. The number of hydrogen-bond donors (Lipinski definition) is 1. The van der Waals surface area contributed by atoms with Gasteiger partial charge in [-0.25, -0.2) is 4.39 Å². The molecule has 2 aromatic carbocycles. The zero-order valence-electron chi connectivity index (χ0n) is 12.5. The first-order valence-corrected chi connectivity index (χ1v) is 6.85. The quantitative estimate of drug-likeness (QED) is 0.892. The Balaban J connectivity index is 2.04. The molecule has 0 aliphatic rings. The van der Waals surface area contributed by atoms with Crippen molar-refractivity contribution in [3.8, 4) is 5.75 Å². The number of halogens is 1. The highest BCUT2D eigenvalue weighted by Crippen LogP contribution is 2.26. The zero-order chi connectivity index (χ0) is 15.9. The molecule has 0 saturated carbocycles. The van der Waals surface area contributed by atoms with Gasteiger partial charge in [-0.2, -0.15) is 0 Å². The van der Waals surface area contributed by atoms with Crippen molar-refractivity contribution in [2.45, 2.75) is 6.10 Å². The summed E-state index contributed by atoms with van der Waals surface area (Å²) in [5.41, 5.74) is 1.25. The van der Waals surface area contributed by atoms with Gasteiger partial charge in [0.2, 0.25) is 0 Å². The minimum Gasteiger partial charge on any atom is -0.496 e. The molecule has 1 atom stereocenters. The monoisotopic (exact) mass is 303 g/mol.